The summed E-state index contributed by atoms with van der Waals surface area (Å²) in [6, 6.07) is 9.90. The summed E-state index contributed by atoms with van der Waals surface area (Å²) in [6.07, 6.45) is 0.852. The summed E-state index contributed by atoms with van der Waals surface area (Å²) < 4.78 is 27.5. The summed E-state index contributed by atoms with van der Waals surface area (Å²) in [5, 5.41) is 9.15. The third-order valence-corrected chi connectivity index (χ3v) is 3.00. The van der Waals surface area contributed by atoms with Crippen molar-refractivity contribution < 1.29 is 13.9 Å². The molecule has 0 spiro atoms. The summed E-state index contributed by atoms with van der Waals surface area (Å²) in [7, 11) is 0. The zero-order chi connectivity index (χ0) is 14.0. The van der Waals surface area contributed by atoms with Gasteiger partial charge in [-0.3, -0.25) is 0 Å². The van der Waals surface area contributed by atoms with Crippen LogP contribution in [0.25, 0.3) is 16.9 Å². The molecule has 0 fully saturated rings. The monoisotopic (exact) mass is 260 g/mol. The Morgan fingerprint density at radius 3 is 2.26 bits per heavy atom. The molecule has 0 radical (unpaired) electrons. The number of halogens is 2. The smallest absolute Gasteiger partial charge is 0.137 e. The van der Waals surface area contributed by atoms with Crippen molar-refractivity contribution in [2.75, 3.05) is 0 Å². The molecule has 0 aromatic heterocycles. The number of aryl methyl sites for hydroxylation is 1. The lowest BCUT2D eigenvalue weighted by Crippen LogP contribution is -1.95. The molecule has 0 aliphatic heterocycles. The second kappa shape index (κ2) is 5.22. The molecule has 0 aliphatic carbocycles. The molecule has 0 saturated carbocycles. The Morgan fingerprint density at radius 1 is 1.11 bits per heavy atom. The molecule has 0 atom stereocenters. The lowest BCUT2D eigenvalue weighted by molar-refractivity contribution is 0.490. The predicted octanol–water partition coefficient (Wildman–Crippen LogP) is 4.72. The van der Waals surface area contributed by atoms with Crippen molar-refractivity contribution in [1.29, 1.82) is 0 Å². The van der Waals surface area contributed by atoms with E-state index in [1.165, 1.54) is 12.1 Å². The Morgan fingerprint density at radius 2 is 1.74 bits per heavy atom. The maximum absolute atomic E-state index is 13.8. The number of rotatable bonds is 3. The predicted molar refractivity (Wildman–Crippen MR) is 72.8 cm³/mol. The van der Waals surface area contributed by atoms with Gasteiger partial charge in [0.1, 0.15) is 17.4 Å². The Labute approximate surface area is 110 Å². The third-order valence-electron chi connectivity index (χ3n) is 3.00. The number of hydrogen-bond donors (Lipinski definition) is 1. The van der Waals surface area contributed by atoms with Crippen molar-refractivity contribution in [3.63, 3.8) is 0 Å². The molecular formula is C16H14F2O. The van der Waals surface area contributed by atoms with E-state index in [4.69, 9.17) is 5.11 Å². The standard InChI is InChI=1S/C16H14F2O/c1-3-11-5-4-6-12(7-11)13-8-14(17)16(10(2)19)15(18)9-13/h4-9,19H,2-3H2,1H3. The molecule has 0 bridgehead atoms. The number of aliphatic hydroxyl groups excluding tert-OH is 1. The molecule has 2 aromatic rings. The first-order valence-corrected chi connectivity index (χ1v) is 5.99. The topological polar surface area (TPSA) is 20.2 Å². The highest BCUT2D eigenvalue weighted by Crippen LogP contribution is 2.27. The van der Waals surface area contributed by atoms with E-state index in [9.17, 15) is 8.78 Å². The summed E-state index contributed by atoms with van der Waals surface area (Å²) in [5.41, 5.74) is 1.80. The minimum Gasteiger partial charge on any atom is -0.508 e. The Balaban J connectivity index is 2.55. The number of benzene rings is 2. The molecule has 1 nitrogen and oxygen atoms in total. The zero-order valence-electron chi connectivity index (χ0n) is 10.6. The SMILES string of the molecule is C=C(O)c1c(F)cc(-c2cccc(CC)c2)cc1F. The van der Waals surface area contributed by atoms with E-state index in [-0.39, 0.29) is 0 Å². The van der Waals surface area contributed by atoms with E-state index < -0.39 is 23.0 Å². The molecule has 98 valence electrons. The summed E-state index contributed by atoms with van der Waals surface area (Å²) in [5.74, 6) is -2.24. The minimum atomic E-state index is -0.815. The van der Waals surface area contributed by atoms with Crippen LogP contribution < -0.4 is 0 Å². The number of aliphatic hydroxyl groups is 1. The molecule has 0 heterocycles. The van der Waals surface area contributed by atoms with Gasteiger partial charge in [-0.1, -0.05) is 37.8 Å². The van der Waals surface area contributed by atoms with Gasteiger partial charge in [-0.25, -0.2) is 8.78 Å². The van der Waals surface area contributed by atoms with Gasteiger partial charge in [0.05, 0.1) is 5.56 Å². The fraction of sp³-hybridized carbons (Fsp3) is 0.125. The van der Waals surface area contributed by atoms with Gasteiger partial charge in [0.15, 0.2) is 0 Å². The third kappa shape index (κ3) is 2.65. The average Bonchev–Trinajstić information content (AvgIpc) is 2.37. The Bertz CT molecular complexity index is 609. The first-order chi connectivity index (χ1) is 9.02. The van der Waals surface area contributed by atoms with Crippen LogP contribution in [0.3, 0.4) is 0 Å². The molecule has 0 aliphatic rings. The fourth-order valence-electron chi connectivity index (χ4n) is 1.99. The van der Waals surface area contributed by atoms with Crippen LogP contribution >= 0.6 is 0 Å². The van der Waals surface area contributed by atoms with Crippen molar-refractivity contribution in [1.82, 2.24) is 0 Å². The highest BCUT2D eigenvalue weighted by molar-refractivity contribution is 5.68. The largest absolute Gasteiger partial charge is 0.508 e. The maximum Gasteiger partial charge on any atom is 0.137 e. The molecular weight excluding hydrogens is 246 g/mol. The normalized spacial score (nSPS) is 10.5. The van der Waals surface area contributed by atoms with Gasteiger partial charge in [-0.05, 0) is 35.2 Å². The molecule has 19 heavy (non-hydrogen) atoms. The Hall–Kier alpha value is -2.16. The van der Waals surface area contributed by atoms with E-state index in [1.54, 1.807) is 6.07 Å². The van der Waals surface area contributed by atoms with Crippen LogP contribution in [0.15, 0.2) is 43.0 Å². The van der Waals surface area contributed by atoms with Crippen molar-refractivity contribution in [2.45, 2.75) is 13.3 Å². The summed E-state index contributed by atoms with van der Waals surface area (Å²) in [4.78, 5) is 0. The summed E-state index contributed by atoms with van der Waals surface area (Å²) >= 11 is 0. The lowest BCUT2D eigenvalue weighted by Gasteiger charge is -2.08. The second-order valence-electron chi connectivity index (χ2n) is 4.32. The van der Waals surface area contributed by atoms with Gasteiger partial charge in [0.2, 0.25) is 0 Å². The van der Waals surface area contributed by atoms with E-state index >= 15 is 0 Å². The quantitative estimate of drug-likeness (QED) is 0.791. The van der Waals surface area contributed by atoms with Crippen molar-refractivity contribution >= 4 is 5.76 Å². The van der Waals surface area contributed by atoms with Gasteiger partial charge in [0, 0.05) is 0 Å². The van der Waals surface area contributed by atoms with Crippen LogP contribution in [-0.4, -0.2) is 5.11 Å². The van der Waals surface area contributed by atoms with Gasteiger partial charge < -0.3 is 5.11 Å². The van der Waals surface area contributed by atoms with Crippen LogP contribution in [0.1, 0.15) is 18.1 Å². The maximum atomic E-state index is 13.8. The zero-order valence-corrected chi connectivity index (χ0v) is 10.6. The van der Waals surface area contributed by atoms with E-state index in [2.05, 4.69) is 6.58 Å². The Kier molecular flexibility index (Phi) is 3.65. The average molecular weight is 260 g/mol. The molecule has 0 unspecified atom stereocenters. The van der Waals surface area contributed by atoms with E-state index in [0.29, 0.717) is 5.56 Å². The van der Waals surface area contributed by atoms with Crippen LogP contribution in [0, 0.1) is 11.6 Å². The second-order valence-corrected chi connectivity index (χ2v) is 4.32. The molecule has 0 amide bonds. The highest BCUT2D eigenvalue weighted by Gasteiger charge is 2.14. The molecule has 1 N–H and O–H groups in total. The van der Waals surface area contributed by atoms with Crippen molar-refractivity contribution in [2.24, 2.45) is 0 Å². The molecule has 3 heteroatoms. The molecule has 2 rings (SSSR count). The highest BCUT2D eigenvalue weighted by atomic mass is 19.1. The fourth-order valence-corrected chi connectivity index (χ4v) is 1.99. The summed E-state index contributed by atoms with van der Waals surface area (Å²) in [6.45, 7) is 5.17. The van der Waals surface area contributed by atoms with Crippen LogP contribution in [0.4, 0.5) is 8.78 Å². The van der Waals surface area contributed by atoms with E-state index in [0.717, 1.165) is 17.5 Å². The van der Waals surface area contributed by atoms with Crippen LogP contribution in [0.5, 0.6) is 0 Å². The van der Waals surface area contributed by atoms with Crippen molar-refractivity contribution in [3.05, 3.63) is 65.7 Å². The molecule has 0 saturated heterocycles. The van der Waals surface area contributed by atoms with Gasteiger partial charge in [0.25, 0.3) is 0 Å². The number of hydrogen-bond acceptors (Lipinski definition) is 1. The minimum absolute atomic E-state index is 0.440. The van der Waals surface area contributed by atoms with Gasteiger partial charge in [-0.15, -0.1) is 0 Å². The van der Waals surface area contributed by atoms with Crippen LogP contribution in [0.2, 0.25) is 0 Å². The van der Waals surface area contributed by atoms with Gasteiger partial charge in [-0.2, -0.15) is 0 Å². The van der Waals surface area contributed by atoms with E-state index in [1.807, 2.05) is 25.1 Å². The first-order valence-electron chi connectivity index (χ1n) is 5.99. The molecule has 2 aromatic carbocycles. The van der Waals surface area contributed by atoms with Crippen LogP contribution in [-0.2, 0) is 6.42 Å². The first kappa shape index (κ1) is 13.3. The van der Waals surface area contributed by atoms with Crippen molar-refractivity contribution in [3.8, 4) is 11.1 Å². The van der Waals surface area contributed by atoms with Gasteiger partial charge >= 0.3 is 0 Å². The lowest BCUT2D eigenvalue weighted by atomic mass is 10.00.